The summed E-state index contributed by atoms with van der Waals surface area (Å²) >= 11 is 6.09. The number of carbonyl (C=O) groups is 1. The van der Waals surface area contributed by atoms with E-state index < -0.39 is 0 Å². The highest BCUT2D eigenvalue weighted by atomic mass is 35.5. The summed E-state index contributed by atoms with van der Waals surface area (Å²) in [5, 5.41) is 7.52. The van der Waals surface area contributed by atoms with E-state index in [0.717, 1.165) is 6.42 Å². The maximum atomic E-state index is 12.2. The van der Waals surface area contributed by atoms with E-state index in [4.69, 9.17) is 16.3 Å². The van der Waals surface area contributed by atoms with Crippen LogP contribution in [0.15, 0.2) is 30.6 Å². The van der Waals surface area contributed by atoms with Crippen LogP contribution >= 0.6 is 11.6 Å². The number of carbonyl (C=O) groups excluding carboxylic acids is 1. The minimum Gasteiger partial charge on any atom is -0.487 e. The predicted molar refractivity (Wildman–Crippen MR) is 85.3 cm³/mol. The molecule has 122 valence electrons. The van der Waals surface area contributed by atoms with Gasteiger partial charge in [-0.3, -0.25) is 4.68 Å². The van der Waals surface area contributed by atoms with Gasteiger partial charge in [0.2, 0.25) is 0 Å². The molecule has 1 aromatic carbocycles. The van der Waals surface area contributed by atoms with E-state index in [1.807, 2.05) is 18.2 Å². The second-order valence-electron chi connectivity index (χ2n) is 5.40. The van der Waals surface area contributed by atoms with Gasteiger partial charge in [-0.15, -0.1) is 0 Å². The Labute approximate surface area is 139 Å². The first kappa shape index (κ1) is 15.6. The largest absolute Gasteiger partial charge is 0.487 e. The molecule has 1 aromatic heterocycles. The van der Waals surface area contributed by atoms with Gasteiger partial charge in [-0.05, 0) is 12.1 Å². The van der Waals surface area contributed by atoms with Gasteiger partial charge >= 0.3 is 6.03 Å². The number of rotatable bonds is 4. The molecule has 1 atom stereocenters. The second kappa shape index (κ2) is 6.87. The number of aromatic nitrogens is 3. The van der Waals surface area contributed by atoms with Gasteiger partial charge in [0.1, 0.15) is 18.2 Å². The van der Waals surface area contributed by atoms with Crippen molar-refractivity contribution in [2.24, 2.45) is 7.05 Å². The smallest absolute Gasteiger partial charge is 0.317 e. The third kappa shape index (κ3) is 3.92. The number of likely N-dealkylation sites (tertiary alicyclic amines) is 1. The number of nitrogens with zero attached hydrogens (tertiary/aromatic N) is 4. The van der Waals surface area contributed by atoms with Gasteiger partial charge in [0, 0.05) is 20.0 Å². The fourth-order valence-electron chi connectivity index (χ4n) is 2.46. The first-order valence-corrected chi connectivity index (χ1v) is 7.78. The molecule has 8 heteroatoms. The topological polar surface area (TPSA) is 72.3 Å². The molecule has 0 radical (unpaired) electrons. The van der Waals surface area contributed by atoms with E-state index >= 15 is 0 Å². The first-order valence-electron chi connectivity index (χ1n) is 7.40. The maximum Gasteiger partial charge on any atom is 0.317 e. The fourth-order valence-corrected chi connectivity index (χ4v) is 2.64. The van der Waals surface area contributed by atoms with Crippen molar-refractivity contribution in [2.75, 3.05) is 13.1 Å². The number of urea groups is 1. The summed E-state index contributed by atoms with van der Waals surface area (Å²) in [6, 6.07) is 7.21. The number of benzene rings is 1. The summed E-state index contributed by atoms with van der Waals surface area (Å²) in [5.41, 5.74) is 0. The molecule has 1 fully saturated rings. The van der Waals surface area contributed by atoms with Gasteiger partial charge < -0.3 is 15.0 Å². The first-order chi connectivity index (χ1) is 11.1. The van der Waals surface area contributed by atoms with E-state index in [1.165, 1.54) is 0 Å². The van der Waals surface area contributed by atoms with Crippen molar-refractivity contribution in [3.05, 3.63) is 41.4 Å². The predicted octanol–water partition coefficient (Wildman–Crippen LogP) is 1.83. The fraction of sp³-hybridized carbons (Fsp3) is 0.400. The van der Waals surface area contributed by atoms with Crippen LogP contribution in [0.5, 0.6) is 5.75 Å². The lowest BCUT2D eigenvalue weighted by Crippen LogP contribution is -2.39. The van der Waals surface area contributed by atoms with Crippen molar-refractivity contribution in [1.82, 2.24) is 25.0 Å². The number of nitrogens with one attached hydrogen (secondary N) is 1. The SMILES string of the molecule is Cn1cnc(CNC(=O)N2CC[C@@H](Oc3ccccc3Cl)C2)n1. The molecular formula is C15H18ClN5O2. The third-order valence-electron chi connectivity index (χ3n) is 3.61. The van der Waals surface area contributed by atoms with Crippen molar-refractivity contribution >= 4 is 17.6 Å². The minimum absolute atomic E-state index is 0.0476. The zero-order valence-electron chi connectivity index (χ0n) is 12.8. The quantitative estimate of drug-likeness (QED) is 0.925. The van der Waals surface area contributed by atoms with Crippen molar-refractivity contribution < 1.29 is 9.53 Å². The molecular weight excluding hydrogens is 318 g/mol. The molecule has 3 rings (SSSR count). The lowest BCUT2D eigenvalue weighted by atomic mass is 10.3. The Kier molecular flexibility index (Phi) is 4.66. The Bertz CT molecular complexity index is 690. The average molecular weight is 336 g/mol. The highest BCUT2D eigenvalue weighted by Crippen LogP contribution is 2.26. The molecule has 2 aromatic rings. The van der Waals surface area contributed by atoms with Crippen molar-refractivity contribution in [3.63, 3.8) is 0 Å². The molecule has 0 unspecified atom stereocenters. The van der Waals surface area contributed by atoms with Crippen LogP contribution in [0, 0.1) is 0 Å². The summed E-state index contributed by atoms with van der Waals surface area (Å²) < 4.78 is 7.47. The molecule has 7 nitrogen and oxygen atoms in total. The lowest BCUT2D eigenvalue weighted by Gasteiger charge is -2.18. The van der Waals surface area contributed by atoms with Crippen LogP contribution in [0.1, 0.15) is 12.2 Å². The zero-order chi connectivity index (χ0) is 16.2. The Morgan fingerprint density at radius 2 is 2.30 bits per heavy atom. The molecule has 2 amide bonds. The number of aryl methyl sites for hydroxylation is 1. The monoisotopic (exact) mass is 335 g/mol. The van der Waals surface area contributed by atoms with Gasteiger partial charge in [-0.25, -0.2) is 9.78 Å². The van der Waals surface area contributed by atoms with Gasteiger partial charge in [0.05, 0.1) is 18.1 Å². The van der Waals surface area contributed by atoms with E-state index in [1.54, 1.807) is 29.0 Å². The van der Waals surface area contributed by atoms with Gasteiger partial charge in [-0.1, -0.05) is 23.7 Å². The van der Waals surface area contributed by atoms with Crippen LogP contribution in [0.3, 0.4) is 0 Å². The Morgan fingerprint density at radius 3 is 3.04 bits per heavy atom. The second-order valence-corrected chi connectivity index (χ2v) is 5.81. The summed E-state index contributed by atoms with van der Waals surface area (Å²) in [7, 11) is 1.79. The van der Waals surface area contributed by atoms with Gasteiger partial charge in [0.15, 0.2) is 5.82 Å². The summed E-state index contributed by atoms with van der Waals surface area (Å²) in [6.07, 6.45) is 2.33. The molecule has 1 aliphatic heterocycles. The Hall–Kier alpha value is -2.28. The summed E-state index contributed by atoms with van der Waals surface area (Å²) in [6.45, 7) is 1.50. The van der Waals surface area contributed by atoms with Crippen LogP contribution in [0.25, 0.3) is 0 Å². The van der Waals surface area contributed by atoms with E-state index in [9.17, 15) is 4.79 Å². The van der Waals surface area contributed by atoms with Gasteiger partial charge in [0.25, 0.3) is 0 Å². The molecule has 1 aliphatic rings. The van der Waals surface area contributed by atoms with Crippen molar-refractivity contribution in [1.29, 1.82) is 0 Å². The number of amides is 2. The lowest BCUT2D eigenvalue weighted by molar-refractivity contribution is 0.186. The number of hydrogen-bond donors (Lipinski definition) is 1. The highest BCUT2D eigenvalue weighted by Gasteiger charge is 2.28. The molecule has 2 heterocycles. The zero-order valence-corrected chi connectivity index (χ0v) is 13.5. The van der Waals surface area contributed by atoms with Gasteiger partial charge in [-0.2, -0.15) is 5.10 Å². The summed E-state index contributed by atoms with van der Waals surface area (Å²) in [5.74, 6) is 1.24. The standard InChI is InChI=1S/C15H18ClN5O2/c1-20-10-18-14(19-20)8-17-15(22)21-7-6-11(9-21)23-13-5-3-2-4-12(13)16/h2-5,10-11H,6-9H2,1H3,(H,17,22)/t11-/m1/s1. The van der Waals surface area contributed by atoms with E-state index in [0.29, 0.717) is 36.2 Å². The molecule has 0 bridgehead atoms. The minimum atomic E-state index is -0.136. The maximum absolute atomic E-state index is 12.2. The van der Waals surface area contributed by atoms with Crippen molar-refractivity contribution in [2.45, 2.75) is 19.1 Å². The van der Waals surface area contributed by atoms with Crippen LogP contribution in [-0.4, -0.2) is 44.9 Å². The number of hydrogen-bond acceptors (Lipinski definition) is 4. The van der Waals surface area contributed by atoms with E-state index in [-0.39, 0.29) is 12.1 Å². The molecule has 1 N–H and O–H groups in total. The normalized spacial score (nSPS) is 17.3. The van der Waals surface area contributed by atoms with Crippen LogP contribution in [0.4, 0.5) is 4.79 Å². The summed E-state index contributed by atoms with van der Waals surface area (Å²) in [4.78, 5) is 18.0. The number of ether oxygens (including phenoxy) is 1. The molecule has 0 saturated carbocycles. The molecule has 23 heavy (non-hydrogen) atoms. The van der Waals surface area contributed by atoms with E-state index in [2.05, 4.69) is 15.4 Å². The third-order valence-corrected chi connectivity index (χ3v) is 3.92. The molecule has 1 saturated heterocycles. The van der Waals surface area contributed by atoms with Crippen LogP contribution in [0.2, 0.25) is 5.02 Å². The van der Waals surface area contributed by atoms with Crippen LogP contribution in [-0.2, 0) is 13.6 Å². The van der Waals surface area contributed by atoms with Crippen LogP contribution < -0.4 is 10.1 Å². The Morgan fingerprint density at radius 1 is 1.48 bits per heavy atom. The van der Waals surface area contributed by atoms with Crippen molar-refractivity contribution in [3.8, 4) is 5.75 Å². The average Bonchev–Trinajstić information content (AvgIpc) is 3.16. The number of halogens is 1. The molecule has 0 aliphatic carbocycles. The highest BCUT2D eigenvalue weighted by molar-refractivity contribution is 6.32. The number of para-hydroxylation sites is 1. The Balaban J connectivity index is 1.49. The molecule has 0 spiro atoms.